The standard InChI is InChI=1S/C11H21N3.H4N2/c1-4-11(9-7-8-10-11)14(12)13(5-2)6-3;1-2/h7-10H,4-6,12H2,1-3H3;1-2H2. The number of hydrogen-bond acceptors (Lipinski definition) is 5. The van der Waals surface area contributed by atoms with Crippen LogP contribution in [0, 0.1) is 0 Å². The molecule has 94 valence electrons. The van der Waals surface area contributed by atoms with Crippen molar-refractivity contribution in [2.75, 3.05) is 13.1 Å². The lowest BCUT2D eigenvalue weighted by Gasteiger charge is -2.41. The molecule has 0 bridgehead atoms. The van der Waals surface area contributed by atoms with Gasteiger partial charge in [-0.05, 0) is 6.42 Å². The summed E-state index contributed by atoms with van der Waals surface area (Å²) in [7, 11) is 0. The van der Waals surface area contributed by atoms with Crippen molar-refractivity contribution in [2.24, 2.45) is 17.5 Å². The monoisotopic (exact) mass is 227 g/mol. The van der Waals surface area contributed by atoms with Crippen molar-refractivity contribution in [2.45, 2.75) is 32.7 Å². The predicted octanol–water partition coefficient (Wildman–Crippen LogP) is 0.513. The van der Waals surface area contributed by atoms with Crippen molar-refractivity contribution in [1.29, 1.82) is 0 Å². The van der Waals surface area contributed by atoms with Gasteiger partial charge >= 0.3 is 0 Å². The zero-order valence-electron chi connectivity index (χ0n) is 10.6. The Labute approximate surface area is 98.5 Å². The van der Waals surface area contributed by atoms with Gasteiger partial charge in [0.1, 0.15) is 0 Å². The Morgan fingerprint density at radius 3 is 1.75 bits per heavy atom. The number of hydrazine groups is 3. The van der Waals surface area contributed by atoms with E-state index < -0.39 is 0 Å². The average molecular weight is 227 g/mol. The highest BCUT2D eigenvalue weighted by molar-refractivity contribution is 5.29. The Morgan fingerprint density at radius 2 is 1.44 bits per heavy atom. The van der Waals surface area contributed by atoms with E-state index in [1.54, 1.807) is 0 Å². The maximum Gasteiger partial charge on any atom is 0.0872 e. The third kappa shape index (κ3) is 3.13. The van der Waals surface area contributed by atoms with E-state index in [9.17, 15) is 0 Å². The summed E-state index contributed by atoms with van der Waals surface area (Å²) in [5.74, 6) is 14.1. The van der Waals surface area contributed by atoms with Gasteiger partial charge in [-0.25, -0.2) is 5.01 Å². The molecular formula is C11H25N5. The molecule has 0 fully saturated rings. The van der Waals surface area contributed by atoms with Crippen LogP contribution in [0.2, 0.25) is 0 Å². The number of hydrogen-bond donors (Lipinski definition) is 3. The Balaban J connectivity index is 0.00000106. The zero-order valence-corrected chi connectivity index (χ0v) is 10.6. The molecule has 1 aliphatic rings. The smallest absolute Gasteiger partial charge is 0.0872 e. The fourth-order valence-electron chi connectivity index (χ4n) is 1.84. The molecule has 0 unspecified atom stereocenters. The molecule has 0 aromatic heterocycles. The van der Waals surface area contributed by atoms with Gasteiger partial charge in [0.05, 0.1) is 5.54 Å². The van der Waals surface area contributed by atoms with Gasteiger partial charge in [-0.3, -0.25) is 17.5 Å². The van der Waals surface area contributed by atoms with Crippen molar-refractivity contribution in [3.8, 4) is 0 Å². The number of nitrogens with zero attached hydrogens (tertiary/aromatic N) is 2. The Hall–Kier alpha value is -0.720. The van der Waals surface area contributed by atoms with Gasteiger partial charge in [0.25, 0.3) is 0 Å². The maximum atomic E-state index is 6.15. The van der Waals surface area contributed by atoms with Crippen LogP contribution < -0.4 is 17.5 Å². The first-order valence-corrected chi connectivity index (χ1v) is 5.70. The summed E-state index contributed by atoms with van der Waals surface area (Å²) in [5.41, 5.74) is -0.105. The molecule has 0 atom stereocenters. The van der Waals surface area contributed by atoms with Crippen LogP contribution in [-0.4, -0.2) is 28.8 Å². The fourth-order valence-corrected chi connectivity index (χ4v) is 1.84. The van der Waals surface area contributed by atoms with Crippen LogP contribution in [0.25, 0.3) is 0 Å². The summed E-state index contributed by atoms with van der Waals surface area (Å²) in [6.07, 6.45) is 9.43. The summed E-state index contributed by atoms with van der Waals surface area (Å²) in [6, 6.07) is 0. The molecule has 16 heavy (non-hydrogen) atoms. The zero-order chi connectivity index (χ0) is 12.6. The SMILES string of the molecule is CCN(CC)N(N)C1(CC)C=CC=C1.NN. The second-order valence-corrected chi connectivity index (χ2v) is 3.55. The van der Waals surface area contributed by atoms with Crippen molar-refractivity contribution in [1.82, 2.24) is 10.1 Å². The van der Waals surface area contributed by atoms with E-state index in [2.05, 4.69) is 61.8 Å². The summed E-state index contributed by atoms with van der Waals surface area (Å²) >= 11 is 0. The molecule has 6 N–H and O–H groups in total. The molecule has 1 aliphatic carbocycles. The molecule has 0 aromatic carbocycles. The first-order valence-electron chi connectivity index (χ1n) is 5.70. The van der Waals surface area contributed by atoms with Gasteiger partial charge in [0.2, 0.25) is 0 Å². The molecule has 1 rings (SSSR count). The highest BCUT2D eigenvalue weighted by Gasteiger charge is 2.32. The Kier molecular flexibility index (Phi) is 7.20. The third-order valence-electron chi connectivity index (χ3n) is 2.91. The fraction of sp³-hybridized carbons (Fsp3) is 0.636. The quantitative estimate of drug-likeness (QED) is 0.471. The van der Waals surface area contributed by atoms with Crippen LogP contribution in [-0.2, 0) is 0 Å². The first kappa shape index (κ1) is 15.3. The number of allylic oxidation sites excluding steroid dienone is 2. The predicted molar refractivity (Wildman–Crippen MR) is 68.6 cm³/mol. The third-order valence-corrected chi connectivity index (χ3v) is 2.91. The van der Waals surface area contributed by atoms with Gasteiger partial charge < -0.3 is 0 Å². The second-order valence-electron chi connectivity index (χ2n) is 3.55. The van der Waals surface area contributed by atoms with Crippen LogP contribution in [0.3, 0.4) is 0 Å². The van der Waals surface area contributed by atoms with Gasteiger partial charge in [-0.15, -0.1) is 0 Å². The van der Waals surface area contributed by atoms with Gasteiger partial charge in [0.15, 0.2) is 0 Å². The highest BCUT2D eigenvalue weighted by atomic mass is 15.8. The van der Waals surface area contributed by atoms with Crippen LogP contribution in [0.4, 0.5) is 0 Å². The minimum Gasteiger partial charge on any atom is -0.274 e. The molecule has 0 saturated heterocycles. The summed E-state index contributed by atoms with van der Waals surface area (Å²) in [4.78, 5) is 0. The summed E-state index contributed by atoms with van der Waals surface area (Å²) < 4.78 is 0. The molecule has 0 saturated carbocycles. The minimum absolute atomic E-state index is 0.105. The summed E-state index contributed by atoms with van der Waals surface area (Å²) in [5, 5.41) is 4.00. The average Bonchev–Trinajstić information content (AvgIpc) is 2.83. The van der Waals surface area contributed by atoms with E-state index in [1.807, 2.05) is 5.12 Å². The van der Waals surface area contributed by atoms with E-state index in [0.717, 1.165) is 19.5 Å². The van der Waals surface area contributed by atoms with E-state index in [-0.39, 0.29) is 5.54 Å². The van der Waals surface area contributed by atoms with Gasteiger partial charge in [-0.2, -0.15) is 5.12 Å². The lowest BCUT2D eigenvalue weighted by atomic mass is 9.99. The molecular weight excluding hydrogens is 202 g/mol. The lowest BCUT2D eigenvalue weighted by molar-refractivity contribution is -0.0707. The normalized spacial score (nSPS) is 16.8. The molecule has 0 aliphatic heterocycles. The molecule has 0 aromatic rings. The number of nitrogens with two attached hydrogens (primary N) is 3. The number of rotatable bonds is 5. The van der Waals surface area contributed by atoms with Crippen molar-refractivity contribution in [3.63, 3.8) is 0 Å². The summed E-state index contributed by atoms with van der Waals surface area (Å²) in [6.45, 7) is 8.28. The van der Waals surface area contributed by atoms with Crippen molar-refractivity contribution >= 4 is 0 Å². The van der Waals surface area contributed by atoms with E-state index in [4.69, 9.17) is 5.84 Å². The first-order chi connectivity index (χ1) is 7.70. The molecule has 0 radical (unpaired) electrons. The van der Waals surface area contributed by atoms with Crippen LogP contribution in [0.15, 0.2) is 24.3 Å². The van der Waals surface area contributed by atoms with E-state index >= 15 is 0 Å². The van der Waals surface area contributed by atoms with Crippen LogP contribution >= 0.6 is 0 Å². The van der Waals surface area contributed by atoms with Gasteiger partial charge in [-0.1, -0.05) is 45.1 Å². The molecule has 5 nitrogen and oxygen atoms in total. The Bertz CT molecular complexity index is 221. The molecule has 0 heterocycles. The second kappa shape index (κ2) is 7.54. The van der Waals surface area contributed by atoms with Gasteiger partial charge in [0, 0.05) is 13.1 Å². The highest BCUT2D eigenvalue weighted by Crippen LogP contribution is 2.26. The minimum atomic E-state index is -0.105. The van der Waals surface area contributed by atoms with Crippen molar-refractivity contribution < 1.29 is 0 Å². The molecule has 0 amide bonds. The lowest BCUT2D eigenvalue weighted by Crippen LogP contribution is -2.58. The van der Waals surface area contributed by atoms with Crippen LogP contribution in [0.5, 0.6) is 0 Å². The molecule has 0 spiro atoms. The maximum absolute atomic E-state index is 6.15. The van der Waals surface area contributed by atoms with Crippen LogP contribution in [0.1, 0.15) is 27.2 Å². The Morgan fingerprint density at radius 1 is 1.00 bits per heavy atom. The largest absolute Gasteiger partial charge is 0.274 e. The van der Waals surface area contributed by atoms with E-state index in [0.29, 0.717) is 0 Å². The van der Waals surface area contributed by atoms with Crippen molar-refractivity contribution in [3.05, 3.63) is 24.3 Å². The molecule has 5 heteroatoms. The van der Waals surface area contributed by atoms with E-state index in [1.165, 1.54) is 0 Å². The topological polar surface area (TPSA) is 84.5 Å².